The molecule has 1 aliphatic carbocycles. The minimum Gasteiger partial charge on any atom is -0.490 e. The molecule has 110 valence electrons. The number of fused-ring (bicyclic) bond motifs is 1. The summed E-state index contributed by atoms with van der Waals surface area (Å²) in [5, 5.41) is 13.4. The van der Waals surface area contributed by atoms with E-state index in [1.54, 1.807) is 13.2 Å². The van der Waals surface area contributed by atoms with Gasteiger partial charge in [-0.2, -0.15) is 0 Å². The second-order valence-corrected chi connectivity index (χ2v) is 5.42. The number of nitrogens with one attached hydrogen (secondary N) is 1. The van der Waals surface area contributed by atoms with Gasteiger partial charge >= 0.3 is 5.97 Å². The smallest absolute Gasteiger partial charge is 0.327 e. The van der Waals surface area contributed by atoms with E-state index in [-0.39, 0.29) is 12.5 Å². The molecule has 0 radical (unpaired) electrons. The second-order valence-electron chi connectivity index (χ2n) is 5.42. The van der Waals surface area contributed by atoms with Crippen molar-refractivity contribution in [1.29, 1.82) is 0 Å². The van der Waals surface area contributed by atoms with Crippen molar-refractivity contribution in [2.24, 2.45) is 5.92 Å². The van der Waals surface area contributed by atoms with E-state index >= 15 is 0 Å². The van der Waals surface area contributed by atoms with Crippen molar-refractivity contribution in [1.82, 2.24) is 10.3 Å². The van der Waals surface area contributed by atoms with Gasteiger partial charge in [-0.1, -0.05) is 6.07 Å². The van der Waals surface area contributed by atoms with Crippen molar-refractivity contribution in [3.63, 3.8) is 0 Å². The van der Waals surface area contributed by atoms with Gasteiger partial charge in [0.05, 0.1) is 5.52 Å². The van der Waals surface area contributed by atoms with Crippen LogP contribution in [0.25, 0.3) is 10.9 Å². The van der Waals surface area contributed by atoms with Crippen LogP contribution in [0.1, 0.15) is 12.8 Å². The quantitative estimate of drug-likeness (QED) is 0.850. The van der Waals surface area contributed by atoms with Gasteiger partial charge in [-0.15, -0.1) is 0 Å². The van der Waals surface area contributed by atoms with Crippen molar-refractivity contribution in [3.8, 4) is 5.75 Å². The number of pyridine rings is 1. The van der Waals surface area contributed by atoms with Gasteiger partial charge in [0.15, 0.2) is 5.54 Å². The lowest BCUT2D eigenvalue weighted by Gasteiger charge is -2.29. The molecule has 1 saturated carbocycles. The topological polar surface area (TPSA) is 71.5 Å². The molecule has 5 heteroatoms. The lowest BCUT2D eigenvalue weighted by atomic mass is 9.94. The Kier molecular flexibility index (Phi) is 3.51. The van der Waals surface area contributed by atoms with Crippen molar-refractivity contribution < 1.29 is 14.6 Å². The number of carboxylic acid groups (broad SMARTS) is 1. The zero-order valence-electron chi connectivity index (χ0n) is 11.9. The van der Waals surface area contributed by atoms with Gasteiger partial charge in [-0.3, -0.25) is 9.78 Å². The first-order chi connectivity index (χ1) is 10.2. The summed E-state index contributed by atoms with van der Waals surface area (Å²) in [5.74, 6) is -0.0545. The lowest BCUT2D eigenvalue weighted by molar-refractivity contribution is -0.147. The Morgan fingerprint density at radius 2 is 2.24 bits per heavy atom. The Balaban J connectivity index is 1.87. The molecule has 0 saturated heterocycles. The lowest BCUT2D eigenvalue weighted by Crippen LogP contribution is -2.56. The molecule has 0 bridgehead atoms. The van der Waals surface area contributed by atoms with E-state index in [4.69, 9.17) is 4.74 Å². The first kappa shape index (κ1) is 13.8. The predicted molar refractivity (Wildman–Crippen MR) is 79.4 cm³/mol. The van der Waals surface area contributed by atoms with E-state index < -0.39 is 11.5 Å². The SMILES string of the molecule is CNC(COc1cccc2ncccc12)(C(=O)O)C1CC1. The number of carbonyl (C=O) groups is 1. The van der Waals surface area contributed by atoms with Crippen LogP contribution in [0.3, 0.4) is 0 Å². The van der Waals surface area contributed by atoms with E-state index in [0.29, 0.717) is 5.75 Å². The molecule has 1 fully saturated rings. The minimum atomic E-state index is -1.01. The Bertz CT molecular complexity index is 664. The molecule has 5 nitrogen and oxygen atoms in total. The van der Waals surface area contributed by atoms with Crippen LogP contribution in [-0.2, 0) is 4.79 Å². The normalized spacial score (nSPS) is 17.4. The summed E-state index contributed by atoms with van der Waals surface area (Å²) in [4.78, 5) is 15.9. The van der Waals surface area contributed by atoms with Gasteiger partial charge in [-0.05, 0) is 50.1 Å². The van der Waals surface area contributed by atoms with Gasteiger partial charge < -0.3 is 15.2 Å². The highest BCUT2D eigenvalue weighted by molar-refractivity contribution is 5.85. The standard InChI is InChI=1S/C16H18N2O3/c1-17-16(15(19)20,11-7-8-11)10-21-14-6-2-5-13-12(14)4-3-9-18-13/h2-6,9,11,17H,7-8,10H2,1H3,(H,19,20). The number of hydrogen-bond acceptors (Lipinski definition) is 4. The number of aliphatic carboxylic acids is 1. The fraction of sp³-hybridized carbons (Fsp3) is 0.375. The third-order valence-corrected chi connectivity index (χ3v) is 4.16. The number of ether oxygens (including phenoxy) is 1. The highest BCUT2D eigenvalue weighted by atomic mass is 16.5. The van der Waals surface area contributed by atoms with Gasteiger partial charge in [0.25, 0.3) is 0 Å². The summed E-state index contributed by atoms with van der Waals surface area (Å²) in [6.45, 7) is 0.109. The summed E-state index contributed by atoms with van der Waals surface area (Å²) in [6, 6.07) is 9.39. The van der Waals surface area contributed by atoms with E-state index in [1.165, 1.54) is 0 Å². The summed E-state index contributed by atoms with van der Waals surface area (Å²) in [7, 11) is 1.68. The second kappa shape index (κ2) is 5.33. The van der Waals surface area contributed by atoms with Gasteiger partial charge in [-0.25, -0.2) is 0 Å². The number of rotatable bonds is 6. The molecule has 0 spiro atoms. The zero-order chi connectivity index (χ0) is 14.9. The van der Waals surface area contributed by atoms with Crippen LogP contribution in [0.15, 0.2) is 36.5 Å². The summed E-state index contributed by atoms with van der Waals surface area (Å²) >= 11 is 0. The monoisotopic (exact) mass is 286 g/mol. The Morgan fingerprint density at radius 3 is 2.90 bits per heavy atom. The van der Waals surface area contributed by atoms with Crippen molar-refractivity contribution >= 4 is 16.9 Å². The highest BCUT2D eigenvalue weighted by Gasteiger charge is 2.51. The van der Waals surface area contributed by atoms with E-state index in [9.17, 15) is 9.90 Å². The Hall–Kier alpha value is -2.14. The minimum absolute atomic E-state index is 0.109. The number of likely N-dealkylation sites (N-methyl/N-ethyl adjacent to an activating group) is 1. The molecule has 2 N–H and O–H groups in total. The highest BCUT2D eigenvalue weighted by Crippen LogP contribution is 2.40. The predicted octanol–water partition coefficient (Wildman–Crippen LogP) is 2.07. The molecule has 1 aromatic heterocycles. The molecule has 21 heavy (non-hydrogen) atoms. The van der Waals surface area contributed by atoms with Crippen LogP contribution >= 0.6 is 0 Å². The summed E-state index contributed by atoms with van der Waals surface area (Å²) in [6.07, 6.45) is 3.58. The van der Waals surface area contributed by atoms with E-state index in [1.807, 2.05) is 30.3 Å². The largest absolute Gasteiger partial charge is 0.490 e. The summed E-state index contributed by atoms with van der Waals surface area (Å²) < 4.78 is 5.85. The average molecular weight is 286 g/mol. The molecule has 0 aliphatic heterocycles. The van der Waals surface area contributed by atoms with Gasteiger partial charge in [0.1, 0.15) is 12.4 Å². The van der Waals surface area contributed by atoms with Crippen LogP contribution in [0.2, 0.25) is 0 Å². The van der Waals surface area contributed by atoms with Gasteiger partial charge in [0, 0.05) is 11.6 Å². The molecule has 1 unspecified atom stereocenters. The van der Waals surface area contributed by atoms with Crippen molar-refractivity contribution in [3.05, 3.63) is 36.5 Å². The number of hydrogen-bond donors (Lipinski definition) is 2. The van der Waals surface area contributed by atoms with Crippen LogP contribution in [0.5, 0.6) is 5.75 Å². The van der Waals surface area contributed by atoms with Crippen molar-refractivity contribution in [2.45, 2.75) is 18.4 Å². The maximum atomic E-state index is 11.7. The van der Waals surface area contributed by atoms with E-state index in [0.717, 1.165) is 23.7 Å². The maximum Gasteiger partial charge on any atom is 0.327 e. The number of nitrogens with zero attached hydrogens (tertiary/aromatic N) is 1. The number of benzene rings is 1. The Morgan fingerprint density at radius 1 is 1.43 bits per heavy atom. The van der Waals surface area contributed by atoms with Crippen LogP contribution < -0.4 is 10.1 Å². The van der Waals surface area contributed by atoms with Crippen LogP contribution in [0, 0.1) is 5.92 Å². The average Bonchev–Trinajstić information content (AvgIpc) is 3.33. The Labute approximate surface area is 123 Å². The fourth-order valence-corrected chi connectivity index (χ4v) is 2.71. The first-order valence-corrected chi connectivity index (χ1v) is 7.06. The molecular formula is C16H18N2O3. The molecule has 2 aromatic rings. The van der Waals surface area contributed by atoms with Crippen LogP contribution in [0.4, 0.5) is 0 Å². The maximum absolute atomic E-state index is 11.7. The summed E-state index contributed by atoms with van der Waals surface area (Å²) in [5.41, 5.74) is -0.170. The third-order valence-electron chi connectivity index (χ3n) is 4.16. The molecule has 3 rings (SSSR count). The third kappa shape index (κ3) is 2.45. The van der Waals surface area contributed by atoms with Gasteiger partial charge in [0.2, 0.25) is 0 Å². The number of aromatic nitrogens is 1. The molecule has 0 amide bonds. The molecule has 1 aromatic carbocycles. The molecule has 1 heterocycles. The zero-order valence-corrected chi connectivity index (χ0v) is 11.9. The van der Waals surface area contributed by atoms with E-state index in [2.05, 4.69) is 10.3 Å². The van der Waals surface area contributed by atoms with Crippen molar-refractivity contribution in [2.75, 3.05) is 13.7 Å². The molecular weight excluding hydrogens is 268 g/mol. The molecule has 1 aliphatic rings. The number of carboxylic acids is 1. The first-order valence-electron chi connectivity index (χ1n) is 7.06. The van der Waals surface area contributed by atoms with Crippen LogP contribution in [-0.4, -0.2) is 35.3 Å². The molecule has 1 atom stereocenters. The fourth-order valence-electron chi connectivity index (χ4n) is 2.71.